The first-order chi connectivity index (χ1) is 33.0. The van der Waals surface area contributed by atoms with Gasteiger partial charge in [0.25, 0.3) is 17.4 Å². The number of benzene rings is 3. The normalized spacial score (nSPS) is 22.1. The van der Waals surface area contributed by atoms with Crippen LogP contribution in [0.5, 0.6) is 11.5 Å². The number of aryl methyl sites for hydroxylation is 1. The molecular weight excluding hydrogens is 888 g/mol. The van der Waals surface area contributed by atoms with E-state index >= 15 is 4.39 Å². The first-order valence-electron chi connectivity index (χ1n) is 23.8. The Morgan fingerprint density at radius 2 is 1.71 bits per heavy atom. The molecule has 6 aliphatic rings. The average Bonchev–Trinajstić information content (AvgIpc) is 4.00. The maximum Gasteiger partial charge on any atom is 0.408 e. The Bertz CT molecular complexity index is 3140. The number of esters is 1. The van der Waals surface area contributed by atoms with Gasteiger partial charge < -0.3 is 44.5 Å². The molecule has 358 valence electrons. The summed E-state index contributed by atoms with van der Waals surface area (Å²) in [5, 5.41) is 35.9. The first kappa shape index (κ1) is 44.6. The van der Waals surface area contributed by atoms with Gasteiger partial charge in [0.15, 0.2) is 12.2 Å². The predicted molar refractivity (Wildman–Crippen MR) is 248 cm³/mol. The van der Waals surface area contributed by atoms with Crippen molar-refractivity contribution in [2.75, 3.05) is 19.7 Å². The summed E-state index contributed by atoms with van der Waals surface area (Å²) in [5.74, 6) is -2.17. The third-order valence-electron chi connectivity index (χ3n) is 15.5. The zero-order chi connectivity index (χ0) is 48.4. The predicted octanol–water partition coefficient (Wildman–Crippen LogP) is 5.81. The molecule has 3 amide bonds. The third-order valence-corrected chi connectivity index (χ3v) is 15.5. The van der Waals surface area contributed by atoms with E-state index in [4.69, 9.17) is 14.5 Å². The van der Waals surface area contributed by atoms with Crippen molar-refractivity contribution in [3.8, 4) is 22.9 Å². The largest absolute Gasteiger partial charge is 0.508 e. The number of alkyl carbamates (subject to hydrolysis) is 1. The lowest BCUT2D eigenvalue weighted by molar-refractivity contribution is -0.172. The van der Waals surface area contributed by atoms with Crippen LogP contribution in [0.2, 0.25) is 0 Å². The molecule has 69 heavy (non-hydrogen) atoms. The zero-order valence-electron chi connectivity index (χ0n) is 38.9. The Kier molecular flexibility index (Phi) is 10.6. The van der Waals surface area contributed by atoms with Crippen molar-refractivity contribution < 1.29 is 48.4 Å². The number of aromatic hydroxyl groups is 2. The van der Waals surface area contributed by atoms with E-state index in [9.17, 15) is 39.3 Å². The fourth-order valence-corrected chi connectivity index (χ4v) is 12.0. The van der Waals surface area contributed by atoms with E-state index < -0.39 is 41.7 Å². The Morgan fingerprint density at radius 1 is 0.957 bits per heavy atom. The van der Waals surface area contributed by atoms with Gasteiger partial charge in [0.2, 0.25) is 0 Å². The fourth-order valence-electron chi connectivity index (χ4n) is 12.0. The van der Waals surface area contributed by atoms with Crippen molar-refractivity contribution in [3.05, 3.63) is 120 Å². The summed E-state index contributed by atoms with van der Waals surface area (Å²) in [6, 6.07) is 11.3. The standard InChI is InChI=1S/C52H53FN6O10/c1-5-52(67)37-14-41-47-35(22-58(41)49(64)36(37)23-68-50(52)65)46-39(11-10-32-26(4)38(53)15-40(54-47)45(32)46)55-51(66)69-24-44(62)59-30-8-9-31(59)21-56(20-30)17-27-6-7-28-18-57(19-29(28)12-27)48(63)34-13-33(25(2)3)42(60)16-43(34)61/h6-7,12-16,25,30-31,39,60-61,67H,5,8-11,17-24H2,1-4H3,(H,55,66)/t30-,31+,39-,52-/m0/s1. The van der Waals surface area contributed by atoms with Crippen molar-refractivity contribution in [3.63, 3.8) is 0 Å². The molecule has 5 aromatic rings. The quantitative estimate of drug-likeness (QED) is 0.134. The number of pyridine rings is 2. The summed E-state index contributed by atoms with van der Waals surface area (Å²) in [6.45, 7) is 9.27. The van der Waals surface area contributed by atoms with Crippen molar-refractivity contribution in [1.82, 2.24) is 29.6 Å². The van der Waals surface area contributed by atoms with Gasteiger partial charge in [0.05, 0.1) is 40.6 Å². The molecule has 3 aromatic carbocycles. The van der Waals surface area contributed by atoms with Crippen LogP contribution in [0.4, 0.5) is 9.18 Å². The molecule has 1 aliphatic carbocycles. The molecule has 5 aliphatic heterocycles. The van der Waals surface area contributed by atoms with Crippen LogP contribution < -0.4 is 10.9 Å². The second kappa shape index (κ2) is 16.4. The van der Waals surface area contributed by atoms with Crippen molar-refractivity contribution in [2.45, 2.75) is 122 Å². The van der Waals surface area contributed by atoms with Gasteiger partial charge in [-0.2, -0.15) is 0 Å². The molecule has 0 saturated carbocycles. The minimum absolute atomic E-state index is 0.0206. The highest BCUT2D eigenvalue weighted by molar-refractivity contribution is 5.98. The number of fused-ring (bicyclic) bond motifs is 8. The van der Waals surface area contributed by atoms with Gasteiger partial charge in [-0.3, -0.25) is 19.3 Å². The smallest absolute Gasteiger partial charge is 0.408 e. The Balaban J connectivity index is 0.757. The molecule has 17 heteroatoms. The monoisotopic (exact) mass is 940 g/mol. The van der Waals surface area contributed by atoms with Crippen LogP contribution in [0, 0.1) is 12.7 Å². The number of nitrogens with zero attached hydrogens (tertiary/aromatic N) is 5. The van der Waals surface area contributed by atoms with Gasteiger partial charge >= 0.3 is 12.1 Å². The number of aliphatic hydroxyl groups is 1. The zero-order valence-corrected chi connectivity index (χ0v) is 38.9. The fraction of sp³-hybridized carbons (Fsp3) is 0.423. The Hall–Kier alpha value is -6.85. The van der Waals surface area contributed by atoms with Gasteiger partial charge in [-0.1, -0.05) is 39.0 Å². The van der Waals surface area contributed by atoms with Crippen molar-refractivity contribution in [1.29, 1.82) is 0 Å². The maximum atomic E-state index is 15.4. The molecule has 0 spiro atoms. The van der Waals surface area contributed by atoms with Crippen LogP contribution in [0.15, 0.2) is 47.3 Å². The van der Waals surface area contributed by atoms with Gasteiger partial charge in [0.1, 0.15) is 23.9 Å². The van der Waals surface area contributed by atoms with E-state index in [0.717, 1.165) is 35.1 Å². The van der Waals surface area contributed by atoms with E-state index in [1.807, 2.05) is 24.8 Å². The molecular formula is C52H53FN6O10. The molecule has 2 saturated heterocycles. The second-order valence-corrected chi connectivity index (χ2v) is 19.9. The Morgan fingerprint density at radius 3 is 2.45 bits per heavy atom. The van der Waals surface area contributed by atoms with Crippen molar-refractivity contribution in [2.24, 2.45) is 0 Å². The van der Waals surface area contributed by atoms with Gasteiger partial charge in [-0.05, 0) is 96.0 Å². The van der Waals surface area contributed by atoms with Gasteiger partial charge in [-0.25, -0.2) is 19.0 Å². The lowest BCUT2D eigenvalue weighted by Gasteiger charge is -2.41. The molecule has 4 atom stereocenters. The number of cyclic esters (lactones) is 1. The summed E-state index contributed by atoms with van der Waals surface area (Å²) in [5.41, 5.74) is 5.46. The number of hydrogen-bond acceptors (Lipinski definition) is 12. The number of ether oxygens (including phenoxy) is 2. The number of nitrogens with one attached hydrogen (secondary N) is 1. The number of likely N-dealkylation sites (tertiary alicyclic amines) is 1. The lowest BCUT2D eigenvalue weighted by atomic mass is 9.81. The van der Waals surface area contributed by atoms with E-state index in [1.165, 1.54) is 16.7 Å². The highest BCUT2D eigenvalue weighted by Crippen LogP contribution is 2.46. The Labute approximate surface area is 396 Å². The van der Waals surface area contributed by atoms with Crippen molar-refractivity contribution >= 4 is 34.8 Å². The highest BCUT2D eigenvalue weighted by atomic mass is 19.1. The number of phenols is 2. The molecule has 11 rings (SSSR count). The highest BCUT2D eigenvalue weighted by Gasteiger charge is 2.47. The summed E-state index contributed by atoms with van der Waals surface area (Å²) >= 11 is 0. The SMILES string of the molecule is CC[C@@]1(O)C(=O)OCc2c1cc1n(c2=O)Cc2c-1nc1cc(F)c(C)c3c1c2[C@@H](NC(=O)OCC(=O)N1[C@@H]2CC[C@H]1CN(Cc1ccc4c(c1)CN(C(=O)c1cc(C(C)C)c(O)cc1O)C4)C2)CC3. The molecule has 0 radical (unpaired) electrons. The third kappa shape index (κ3) is 7.14. The molecule has 16 nitrogen and oxygen atoms in total. The minimum Gasteiger partial charge on any atom is -0.508 e. The number of phenolic OH excluding ortho intramolecular Hbond substituents is 2. The molecule has 2 bridgehead atoms. The van der Waals surface area contributed by atoms with Gasteiger partial charge in [0, 0.05) is 73.5 Å². The number of amides is 3. The minimum atomic E-state index is -2.02. The number of rotatable bonds is 8. The van der Waals surface area contributed by atoms with E-state index in [-0.39, 0.29) is 77.6 Å². The summed E-state index contributed by atoms with van der Waals surface area (Å²) in [7, 11) is 0. The molecule has 4 N–H and O–H groups in total. The lowest BCUT2D eigenvalue weighted by Crippen LogP contribution is -2.56. The second-order valence-electron chi connectivity index (χ2n) is 19.9. The van der Waals surface area contributed by atoms with E-state index in [0.29, 0.717) is 90.1 Å². The van der Waals surface area contributed by atoms with Crippen LogP contribution in [0.3, 0.4) is 0 Å². The van der Waals surface area contributed by atoms with Crippen LogP contribution in [0.1, 0.15) is 124 Å². The number of carbonyl (C=O) groups is 4. The number of hydrogen-bond donors (Lipinski definition) is 4. The maximum absolute atomic E-state index is 15.4. The van der Waals surface area contributed by atoms with Crippen LogP contribution >= 0.6 is 0 Å². The number of halogens is 1. The average molecular weight is 941 g/mol. The topological polar surface area (TPSA) is 204 Å². The summed E-state index contributed by atoms with van der Waals surface area (Å²) in [6.07, 6.45) is 1.66. The van der Waals surface area contributed by atoms with Gasteiger partial charge in [-0.15, -0.1) is 0 Å². The number of piperazine rings is 1. The molecule has 2 aromatic heterocycles. The molecule has 2 fully saturated rings. The molecule has 0 unspecified atom stereocenters. The van der Waals surface area contributed by atoms with Crippen LogP contribution in [-0.4, -0.2) is 95.2 Å². The van der Waals surface area contributed by atoms with E-state index in [2.05, 4.69) is 22.3 Å². The first-order valence-corrected chi connectivity index (χ1v) is 23.8. The summed E-state index contributed by atoms with van der Waals surface area (Å²) in [4.78, 5) is 78.7. The van der Waals surface area contributed by atoms with Crippen LogP contribution in [0.25, 0.3) is 22.3 Å². The number of carbonyl (C=O) groups excluding carboxylic acids is 4. The summed E-state index contributed by atoms with van der Waals surface area (Å²) < 4.78 is 27.8. The van der Waals surface area contributed by atoms with Crippen LogP contribution in [-0.2, 0) is 63.9 Å². The number of aromatic nitrogens is 2. The molecule has 7 heterocycles. The van der Waals surface area contributed by atoms with E-state index in [1.54, 1.807) is 30.9 Å².